The van der Waals surface area contributed by atoms with Crippen LogP contribution >= 0.6 is 11.6 Å². The molecule has 1 heterocycles. The molecule has 0 atom stereocenters. The largest absolute Gasteiger partial charge is 0.395 e. The number of halogens is 1. The quantitative estimate of drug-likeness (QED) is 0.809. The Morgan fingerprint density at radius 1 is 1.47 bits per heavy atom. The first-order chi connectivity index (χ1) is 7.27. The average molecular weight is 229 g/mol. The smallest absolute Gasteiger partial charge is 0.0634 e. The highest BCUT2D eigenvalue weighted by atomic mass is 35.5. The van der Waals surface area contributed by atoms with Gasteiger partial charge in [-0.15, -0.1) is 0 Å². The maximum Gasteiger partial charge on any atom is 0.0634 e. The molecule has 1 aromatic heterocycles. The van der Waals surface area contributed by atoms with E-state index < -0.39 is 0 Å². The lowest BCUT2D eigenvalue weighted by atomic mass is 10.2. The number of nitrogens with zero attached hydrogens (tertiary/aromatic N) is 2. The van der Waals surface area contributed by atoms with Crippen LogP contribution in [-0.2, 0) is 6.54 Å². The lowest BCUT2D eigenvalue weighted by Gasteiger charge is -2.20. The van der Waals surface area contributed by atoms with Crippen molar-refractivity contribution in [3.8, 4) is 0 Å². The van der Waals surface area contributed by atoms with E-state index in [1.54, 1.807) is 12.4 Å². The SMILES string of the molecule is CCCN(CCO)Cc1ccncc1Cl. The van der Waals surface area contributed by atoms with Crippen molar-refractivity contribution >= 4 is 11.6 Å². The van der Waals surface area contributed by atoms with Gasteiger partial charge in [-0.2, -0.15) is 0 Å². The molecule has 0 saturated heterocycles. The van der Waals surface area contributed by atoms with Crippen molar-refractivity contribution in [1.82, 2.24) is 9.88 Å². The standard InChI is InChI=1S/C11H17ClN2O/c1-2-5-14(6-7-15)9-10-3-4-13-8-11(10)12/h3-4,8,15H,2,5-7,9H2,1H3. The highest BCUT2D eigenvalue weighted by Crippen LogP contribution is 2.15. The number of rotatable bonds is 6. The van der Waals surface area contributed by atoms with Crippen molar-refractivity contribution in [2.75, 3.05) is 19.7 Å². The molecule has 0 fully saturated rings. The third kappa shape index (κ3) is 4.16. The summed E-state index contributed by atoms with van der Waals surface area (Å²) in [7, 11) is 0. The first kappa shape index (κ1) is 12.4. The Labute approximate surface area is 95.7 Å². The summed E-state index contributed by atoms with van der Waals surface area (Å²) in [5.41, 5.74) is 1.06. The Morgan fingerprint density at radius 3 is 2.87 bits per heavy atom. The molecule has 4 heteroatoms. The monoisotopic (exact) mass is 228 g/mol. The lowest BCUT2D eigenvalue weighted by molar-refractivity contribution is 0.190. The molecule has 1 aromatic rings. The first-order valence-electron chi connectivity index (χ1n) is 5.19. The molecule has 0 aliphatic rings. The summed E-state index contributed by atoms with van der Waals surface area (Å²) in [5.74, 6) is 0. The van der Waals surface area contributed by atoms with E-state index in [9.17, 15) is 0 Å². The minimum Gasteiger partial charge on any atom is -0.395 e. The molecule has 0 aliphatic carbocycles. The third-order valence-electron chi connectivity index (χ3n) is 2.21. The molecular weight excluding hydrogens is 212 g/mol. The van der Waals surface area contributed by atoms with Gasteiger partial charge >= 0.3 is 0 Å². The molecule has 0 aliphatic heterocycles. The zero-order chi connectivity index (χ0) is 11.1. The molecule has 0 saturated carbocycles. The number of pyridine rings is 1. The van der Waals surface area contributed by atoms with E-state index in [4.69, 9.17) is 16.7 Å². The van der Waals surface area contributed by atoms with Crippen LogP contribution < -0.4 is 0 Å². The van der Waals surface area contributed by atoms with Crippen LogP contribution in [0.25, 0.3) is 0 Å². The Morgan fingerprint density at radius 2 is 2.27 bits per heavy atom. The van der Waals surface area contributed by atoms with E-state index in [1.807, 2.05) is 6.07 Å². The molecule has 0 radical (unpaired) electrons. The summed E-state index contributed by atoms with van der Waals surface area (Å²) in [4.78, 5) is 6.13. The zero-order valence-electron chi connectivity index (χ0n) is 8.99. The maximum absolute atomic E-state index is 8.92. The van der Waals surface area contributed by atoms with Gasteiger partial charge in [0, 0.05) is 25.5 Å². The van der Waals surface area contributed by atoms with Gasteiger partial charge in [0.15, 0.2) is 0 Å². The predicted molar refractivity (Wildman–Crippen MR) is 61.9 cm³/mol. The van der Waals surface area contributed by atoms with Crippen molar-refractivity contribution in [2.24, 2.45) is 0 Å². The van der Waals surface area contributed by atoms with Crippen LogP contribution in [0.4, 0.5) is 0 Å². The van der Waals surface area contributed by atoms with Crippen molar-refractivity contribution < 1.29 is 5.11 Å². The number of aromatic nitrogens is 1. The van der Waals surface area contributed by atoms with Gasteiger partial charge in [0.25, 0.3) is 0 Å². The molecule has 0 bridgehead atoms. The molecule has 3 nitrogen and oxygen atoms in total. The van der Waals surface area contributed by atoms with Crippen LogP contribution in [0, 0.1) is 0 Å². The molecule has 15 heavy (non-hydrogen) atoms. The Hall–Kier alpha value is -0.640. The fourth-order valence-corrected chi connectivity index (χ4v) is 1.68. The summed E-state index contributed by atoms with van der Waals surface area (Å²) >= 11 is 6.02. The van der Waals surface area contributed by atoms with Gasteiger partial charge in [-0.1, -0.05) is 18.5 Å². The van der Waals surface area contributed by atoms with Crippen LogP contribution in [0.3, 0.4) is 0 Å². The van der Waals surface area contributed by atoms with E-state index in [1.165, 1.54) is 0 Å². The van der Waals surface area contributed by atoms with Crippen LogP contribution in [0.2, 0.25) is 5.02 Å². The fraction of sp³-hybridized carbons (Fsp3) is 0.545. The van der Waals surface area contributed by atoms with Crippen molar-refractivity contribution in [1.29, 1.82) is 0 Å². The maximum atomic E-state index is 8.92. The van der Waals surface area contributed by atoms with E-state index >= 15 is 0 Å². The van der Waals surface area contributed by atoms with E-state index in [0.29, 0.717) is 11.6 Å². The molecule has 84 valence electrons. The third-order valence-corrected chi connectivity index (χ3v) is 2.55. The zero-order valence-corrected chi connectivity index (χ0v) is 9.74. The van der Waals surface area contributed by atoms with Gasteiger partial charge in [0.2, 0.25) is 0 Å². The van der Waals surface area contributed by atoms with Gasteiger partial charge < -0.3 is 5.11 Å². The van der Waals surface area contributed by atoms with Gasteiger partial charge in [-0.3, -0.25) is 9.88 Å². The van der Waals surface area contributed by atoms with E-state index in [0.717, 1.165) is 25.1 Å². The second-order valence-corrected chi connectivity index (χ2v) is 3.87. The summed E-state index contributed by atoms with van der Waals surface area (Å²) in [6.07, 6.45) is 4.47. The van der Waals surface area contributed by atoms with Crippen LogP contribution in [0.15, 0.2) is 18.5 Å². The highest BCUT2D eigenvalue weighted by Gasteiger charge is 2.06. The molecule has 0 unspecified atom stereocenters. The number of aliphatic hydroxyl groups excluding tert-OH is 1. The second kappa shape index (κ2) is 6.77. The van der Waals surface area contributed by atoms with Gasteiger partial charge in [-0.25, -0.2) is 0 Å². The molecule has 1 rings (SSSR count). The van der Waals surface area contributed by atoms with Crippen molar-refractivity contribution in [3.63, 3.8) is 0 Å². The Bertz CT molecular complexity index is 288. The molecule has 0 amide bonds. The predicted octanol–water partition coefficient (Wildman–Crippen LogP) is 1.94. The molecule has 1 N–H and O–H groups in total. The lowest BCUT2D eigenvalue weighted by Crippen LogP contribution is -2.27. The van der Waals surface area contributed by atoms with Gasteiger partial charge in [-0.05, 0) is 24.6 Å². The summed E-state index contributed by atoms with van der Waals surface area (Å²) in [6.45, 7) is 4.74. The summed E-state index contributed by atoms with van der Waals surface area (Å²) < 4.78 is 0. The van der Waals surface area contributed by atoms with Gasteiger partial charge in [0.1, 0.15) is 0 Å². The van der Waals surface area contributed by atoms with Crippen molar-refractivity contribution in [2.45, 2.75) is 19.9 Å². The fourth-order valence-electron chi connectivity index (χ4n) is 1.50. The van der Waals surface area contributed by atoms with Crippen LogP contribution in [-0.4, -0.2) is 34.7 Å². The number of aliphatic hydroxyl groups is 1. The average Bonchev–Trinajstić information content (AvgIpc) is 2.22. The van der Waals surface area contributed by atoms with Crippen LogP contribution in [0.5, 0.6) is 0 Å². The highest BCUT2D eigenvalue weighted by molar-refractivity contribution is 6.31. The van der Waals surface area contributed by atoms with E-state index in [2.05, 4.69) is 16.8 Å². The Kier molecular flexibility index (Phi) is 5.61. The molecule has 0 aromatic carbocycles. The van der Waals surface area contributed by atoms with E-state index in [-0.39, 0.29) is 6.61 Å². The first-order valence-corrected chi connectivity index (χ1v) is 5.57. The summed E-state index contributed by atoms with van der Waals surface area (Å²) in [5, 5.41) is 9.61. The van der Waals surface area contributed by atoms with Gasteiger partial charge in [0.05, 0.1) is 11.6 Å². The summed E-state index contributed by atoms with van der Waals surface area (Å²) in [6, 6.07) is 1.92. The minimum absolute atomic E-state index is 0.183. The number of hydrogen-bond acceptors (Lipinski definition) is 3. The normalized spacial score (nSPS) is 10.9. The van der Waals surface area contributed by atoms with Crippen molar-refractivity contribution in [3.05, 3.63) is 29.0 Å². The second-order valence-electron chi connectivity index (χ2n) is 3.47. The Balaban J connectivity index is 2.60. The molecular formula is C11H17ClN2O. The topological polar surface area (TPSA) is 36.4 Å². The van der Waals surface area contributed by atoms with Crippen LogP contribution in [0.1, 0.15) is 18.9 Å². The minimum atomic E-state index is 0.183. The number of hydrogen-bond donors (Lipinski definition) is 1. The molecule has 0 spiro atoms.